The largest absolute Gasteiger partial charge is 0.360 e. The van der Waals surface area contributed by atoms with Crippen LogP contribution in [0.4, 0.5) is 5.69 Å². The second-order valence-electron chi connectivity index (χ2n) is 4.68. The van der Waals surface area contributed by atoms with Gasteiger partial charge in [-0.2, -0.15) is 0 Å². The normalized spacial score (nSPS) is 10.1. The van der Waals surface area contributed by atoms with Crippen molar-refractivity contribution >= 4 is 51.9 Å². The summed E-state index contributed by atoms with van der Waals surface area (Å²) in [6.45, 7) is 3.58. The van der Waals surface area contributed by atoms with Gasteiger partial charge in [0.05, 0.1) is 0 Å². The third-order valence-electron chi connectivity index (χ3n) is 2.65. The number of halogens is 1. The van der Waals surface area contributed by atoms with Gasteiger partial charge in [-0.25, -0.2) is 0 Å². The van der Waals surface area contributed by atoms with Crippen LogP contribution in [0.25, 0.3) is 0 Å². The molecule has 0 aliphatic heterocycles. The Balaban J connectivity index is 2.34. The molecule has 0 saturated heterocycles. The zero-order valence-electron chi connectivity index (χ0n) is 12.3. The van der Waals surface area contributed by atoms with E-state index in [1.807, 2.05) is 39.2 Å². The lowest BCUT2D eigenvalue weighted by Gasteiger charge is -2.16. The van der Waals surface area contributed by atoms with Gasteiger partial charge >= 0.3 is 0 Å². The van der Waals surface area contributed by atoms with Crippen molar-refractivity contribution in [1.29, 1.82) is 0 Å². The van der Waals surface area contributed by atoms with Gasteiger partial charge in [-0.1, -0.05) is 17.7 Å². The molecular formula is C13H20ClN5S2. The van der Waals surface area contributed by atoms with Gasteiger partial charge in [0.15, 0.2) is 10.2 Å². The molecule has 0 fully saturated rings. The first-order chi connectivity index (χ1) is 9.90. The maximum Gasteiger partial charge on any atom is 0.189 e. The summed E-state index contributed by atoms with van der Waals surface area (Å²) in [5.74, 6) is 0. The lowest BCUT2D eigenvalue weighted by atomic mass is 10.2. The molecule has 0 heterocycles. The minimum atomic E-state index is 0.414. The highest BCUT2D eigenvalue weighted by atomic mass is 35.5. The Bertz CT molecular complexity index is 507. The molecule has 1 rings (SSSR count). The van der Waals surface area contributed by atoms with Crippen molar-refractivity contribution in [3.8, 4) is 0 Å². The SMILES string of the molecule is Cc1c(Cl)cccc1NC(=S)NNC(=S)NCCN(C)C. The first kappa shape index (κ1) is 17.9. The van der Waals surface area contributed by atoms with Crippen molar-refractivity contribution in [2.24, 2.45) is 0 Å². The fourth-order valence-corrected chi connectivity index (χ4v) is 1.94. The summed E-state index contributed by atoms with van der Waals surface area (Å²) in [5.41, 5.74) is 7.45. The maximum atomic E-state index is 6.05. The second-order valence-corrected chi connectivity index (χ2v) is 5.90. The van der Waals surface area contributed by atoms with Gasteiger partial charge in [-0.05, 0) is 63.2 Å². The number of thiocarbonyl (C=S) groups is 2. The van der Waals surface area contributed by atoms with Crippen molar-refractivity contribution in [3.63, 3.8) is 0 Å². The summed E-state index contributed by atoms with van der Waals surface area (Å²) in [6, 6.07) is 5.60. The number of hydrogen-bond donors (Lipinski definition) is 4. The molecular weight excluding hydrogens is 326 g/mol. The minimum Gasteiger partial charge on any atom is -0.360 e. The van der Waals surface area contributed by atoms with Gasteiger partial charge in [-0.3, -0.25) is 10.9 Å². The Labute approximate surface area is 141 Å². The van der Waals surface area contributed by atoms with Crippen molar-refractivity contribution < 1.29 is 0 Å². The fourth-order valence-electron chi connectivity index (χ4n) is 1.45. The van der Waals surface area contributed by atoms with Crippen LogP contribution in [0.1, 0.15) is 5.56 Å². The molecule has 1 aromatic rings. The number of anilines is 1. The van der Waals surface area contributed by atoms with Gasteiger partial charge in [0.2, 0.25) is 0 Å². The summed E-state index contributed by atoms with van der Waals surface area (Å²) in [4.78, 5) is 2.07. The molecule has 0 bridgehead atoms. The van der Waals surface area contributed by atoms with Gasteiger partial charge < -0.3 is 15.5 Å². The Morgan fingerprint density at radius 2 is 1.86 bits per heavy atom. The highest BCUT2D eigenvalue weighted by Crippen LogP contribution is 2.22. The topological polar surface area (TPSA) is 51.4 Å². The number of nitrogens with one attached hydrogen (secondary N) is 4. The summed E-state index contributed by atoms with van der Waals surface area (Å²) >= 11 is 16.4. The number of rotatable bonds is 4. The first-order valence-electron chi connectivity index (χ1n) is 6.41. The molecule has 0 radical (unpaired) electrons. The average molecular weight is 346 g/mol. The van der Waals surface area contributed by atoms with Crippen LogP contribution >= 0.6 is 36.0 Å². The Hall–Kier alpha value is -1.15. The molecule has 0 unspecified atom stereocenters. The Morgan fingerprint density at radius 3 is 2.52 bits per heavy atom. The molecule has 8 heteroatoms. The molecule has 0 saturated carbocycles. The monoisotopic (exact) mass is 345 g/mol. The van der Waals surface area contributed by atoms with Crippen LogP contribution in [-0.4, -0.2) is 42.3 Å². The summed E-state index contributed by atoms with van der Waals surface area (Å²) < 4.78 is 0. The van der Waals surface area contributed by atoms with Gasteiger partial charge in [0.25, 0.3) is 0 Å². The third kappa shape index (κ3) is 6.90. The van der Waals surface area contributed by atoms with Gasteiger partial charge in [0, 0.05) is 23.8 Å². The van der Waals surface area contributed by atoms with E-state index in [0.717, 1.165) is 24.3 Å². The quantitative estimate of drug-likeness (QED) is 0.491. The van der Waals surface area contributed by atoms with E-state index in [9.17, 15) is 0 Å². The highest BCUT2D eigenvalue weighted by Gasteiger charge is 2.04. The highest BCUT2D eigenvalue weighted by molar-refractivity contribution is 7.80. The van der Waals surface area contributed by atoms with E-state index in [0.29, 0.717) is 15.2 Å². The van der Waals surface area contributed by atoms with Crippen LogP contribution in [0, 0.1) is 6.92 Å². The van der Waals surface area contributed by atoms with Gasteiger partial charge in [0.1, 0.15) is 0 Å². The van der Waals surface area contributed by atoms with Crippen LogP contribution < -0.4 is 21.5 Å². The first-order valence-corrected chi connectivity index (χ1v) is 7.60. The van der Waals surface area contributed by atoms with Crippen LogP contribution in [0.2, 0.25) is 5.02 Å². The lowest BCUT2D eigenvalue weighted by Crippen LogP contribution is -2.49. The zero-order valence-corrected chi connectivity index (χ0v) is 14.7. The van der Waals surface area contributed by atoms with E-state index in [4.69, 9.17) is 36.0 Å². The minimum absolute atomic E-state index is 0.414. The number of likely N-dealkylation sites (N-methyl/N-ethyl adjacent to an activating group) is 1. The summed E-state index contributed by atoms with van der Waals surface area (Å²) in [6.07, 6.45) is 0. The van der Waals surface area contributed by atoms with Gasteiger partial charge in [-0.15, -0.1) is 0 Å². The molecule has 0 aromatic heterocycles. The molecule has 0 atom stereocenters. The van der Waals surface area contributed by atoms with E-state index in [-0.39, 0.29) is 0 Å². The van der Waals surface area contributed by atoms with Crippen LogP contribution in [0.3, 0.4) is 0 Å². The molecule has 4 N–H and O–H groups in total. The summed E-state index contributed by atoms with van der Waals surface area (Å²) in [5, 5.41) is 7.71. The fraction of sp³-hybridized carbons (Fsp3) is 0.385. The molecule has 5 nitrogen and oxygen atoms in total. The van der Waals surface area contributed by atoms with E-state index in [1.54, 1.807) is 0 Å². The van der Waals surface area contributed by atoms with Crippen LogP contribution in [0.5, 0.6) is 0 Å². The lowest BCUT2D eigenvalue weighted by molar-refractivity contribution is 0.412. The Morgan fingerprint density at radius 1 is 1.19 bits per heavy atom. The van der Waals surface area contributed by atoms with Crippen LogP contribution in [-0.2, 0) is 0 Å². The predicted molar refractivity (Wildman–Crippen MR) is 97.8 cm³/mol. The molecule has 1 aromatic carbocycles. The van der Waals surface area contributed by atoms with E-state index in [1.165, 1.54) is 0 Å². The Kier molecular flexibility index (Phi) is 7.66. The standard InChI is InChI=1S/C13H20ClN5S2/c1-9-10(14)5-4-6-11(9)16-13(21)18-17-12(20)15-7-8-19(2)3/h4-6H,7-8H2,1-3H3,(H2,15,17,20)(H2,16,18,21). The zero-order chi connectivity index (χ0) is 15.8. The van der Waals surface area contributed by atoms with Crippen molar-refractivity contribution in [2.75, 3.05) is 32.5 Å². The molecule has 116 valence electrons. The molecule has 0 aliphatic carbocycles. The number of hydrogen-bond acceptors (Lipinski definition) is 3. The van der Waals surface area contributed by atoms with Crippen molar-refractivity contribution in [2.45, 2.75) is 6.92 Å². The predicted octanol–water partition coefficient (Wildman–Crippen LogP) is 1.88. The molecule has 0 spiro atoms. The van der Waals surface area contributed by atoms with E-state index >= 15 is 0 Å². The number of benzene rings is 1. The smallest absolute Gasteiger partial charge is 0.189 e. The number of hydrazine groups is 1. The number of nitrogens with zero attached hydrogens (tertiary/aromatic N) is 1. The maximum absolute atomic E-state index is 6.05. The van der Waals surface area contributed by atoms with Crippen molar-refractivity contribution in [1.82, 2.24) is 21.1 Å². The van der Waals surface area contributed by atoms with E-state index < -0.39 is 0 Å². The molecule has 0 aliphatic rings. The van der Waals surface area contributed by atoms with Crippen molar-refractivity contribution in [3.05, 3.63) is 28.8 Å². The second kappa shape index (κ2) is 8.99. The molecule has 21 heavy (non-hydrogen) atoms. The van der Waals surface area contributed by atoms with Crippen LogP contribution in [0.15, 0.2) is 18.2 Å². The average Bonchev–Trinajstić information content (AvgIpc) is 2.41. The molecule has 0 amide bonds. The van der Waals surface area contributed by atoms with E-state index in [2.05, 4.69) is 26.4 Å². The third-order valence-corrected chi connectivity index (χ3v) is 3.51. The summed E-state index contributed by atoms with van der Waals surface area (Å²) in [7, 11) is 4.01.